The van der Waals surface area contributed by atoms with E-state index in [1.54, 1.807) is 20.4 Å². The van der Waals surface area contributed by atoms with Crippen molar-refractivity contribution in [2.24, 2.45) is 4.99 Å². The second-order valence-corrected chi connectivity index (χ2v) is 7.00. The minimum absolute atomic E-state index is 0.205. The lowest BCUT2D eigenvalue weighted by Gasteiger charge is -2.26. The molecule has 1 aromatic carbocycles. The van der Waals surface area contributed by atoms with Crippen LogP contribution in [0.3, 0.4) is 0 Å². The minimum Gasteiger partial charge on any atom is -0.493 e. The van der Waals surface area contributed by atoms with Gasteiger partial charge >= 0.3 is 0 Å². The van der Waals surface area contributed by atoms with E-state index >= 15 is 0 Å². The number of ether oxygens (including phenoxy) is 2. The van der Waals surface area contributed by atoms with Crippen LogP contribution in [-0.4, -0.2) is 51.3 Å². The predicted octanol–water partition coefficient (Wildman–Crippen LogP) is 3.19. The van der Waals surface area contributed by atoms with Crippen molar-refractivity contribution in [3.63, 3.8) is 0 Å². The van der Waals surface area contributed by atoms with Gasteiger partial charge in [-0.25, -0.2) is 0 Å². The molecule has 2 heterocycles. The van der Waals surface area contributed by atoms with Crippen molar-refractivity contribution >= 4 is 5.96 Å². The highest BCUT2D eigenvalue weighted by Gasteiger charge is 2.25. The molecule has 7 nitrogen and oxygen atoms in total. The highest BCUT2D eigenvalue weighted by Crippen LogP contribution is 2.28. The molecule has 1 atom stereocenters. The number of nitrogens with zero attached hydrogens (tertiary/aromatic N) is 2. The maximum Gasteiger partial charge on any atom is 0.191 e. The SMILES string of the molecule is CCOc1cc(CNC(=NC)NCC(c2ccco2)N2CCCC2)ccc1OC. The molecular weight excluding hydrogens is 368 g/mol. The van der Waals surface area contributed by atoms with Gasteiger partial charge in [-0.1, -0.05) is 6.07 Å². The van der Waals surface area contributed by atoms with Gasteiger partial charge < -0.3 is 24.5 Å². The normalized spacial score (nSPS) is 15.9. The number of hydrogen-bond acceptors (Lipinski definition) is 5. The standard InChI is InChI=1S/C22H32N4O3/c1-4-28-21-14-17(9-10-20(21)27-3)15-24-22(23-2)25-16-18(19-8-7-13-29-19)26-11-5-6-12-26/h7-10,13-14,18H,4-6,11-12,15-16H2,1-3H3,(H2,23,24,25). The van der Waals surface area contributed by atoms with Crippen LogP contribution in [0.15, 0.2) is 46.0 Å². The summed E-state index contributed by atoms with van der Waals surface area (Å²) in [4.78, 5) is 6.83. The van der Waals surface area contributed by atoms with Crippen LogP contribution in [0.2, 0.25) is 0 Å². The number of methoxy groups -OCH3 is 1. The van der Waals surface area contributed by atoms with E-state index in [4.69, 9.17) is 13.9 Å². The molecule has 29 heavy (non-hydrogen) atoms. The highest BCUT2D eigenvalue weighted by molar-refractivity contribution is 5.79. The fraction of sp³-hybridized carbons (Fsp3) is 0.500. The Kier molecular flexibility index (Phi) is 7.81. The molecule has 1 aliphatic heterocycles. The molecule has 2 N–H and O–H groups in total. The van der Waals surface area contributed by atoms with E-state index in [0.29, 0.717) is 13.2 Å². The van der Waals surface area contributed by atoms with Crippen LogP contribution in [-0.2, 0) is 6.54 Å². The number of likely N-dealkylation sites (tertiary alicyclic amines) is 1. The van der Waals surface area contributed by atoms with Gasteiger partial charge in [0, 0.05) is 20.1 Å². The molecule has 2 aromatic rings. The molecule has 0 aliphatic carbocycles. The third kappa shape index (κ3) is 5.67. The van der Waals surface area contributed by atoms with E-state index in [0.717, 1.165) is 48.4 Å². The van der Waals surface area contributed by atoms with Crippen molar-refractivity contribution in [1.29, 1.82) is 0 Å². The van der Waals surface area contributed by atoms with E-state index in [-0.39, 0.29) is 6.04 Å². The second kappa shape index (κ2) is 10.8. The Labute approximate surface area is 173 Å². The van der Waals surface area contributed by atoms with Crippen molar-refractivity contribution in [3.8, 4) is 11.5 Å². The smallest absolute Gasteiger partial charge is 0.191 e. The number of benzene rings is 1. The lowest BCUT2D eigenvalue weighted by atomic mass is 10.2. The Morgan fingerprint density at radius 1 is 1.21 bits per heavy atom. The Morgan fingerprint density at radius 2 is 2.03 bits per heavy atom. The molecule has 1 saturated heterocycles. The topological polar surface area (TPSA) is 71.3 Å². The van der Waals surface area contributed by atoms with Gasteiger partial charge in [-0.05, 0) is 62.7 Å². The highest BCUT2D eigenvalue weighted by atomic mass is 16.5. The van der Waals surface area contributed by atoms with Crippen molar-refractivity contribution < 1.29 is 13.9 Å². The Hall–Kier alpha value is -2.67. The maximum absolute atomic E-state index is 5.69. The van der Waals surface area contributed by atoms with Gasteiger partial charge in [0.25, 0.3) is 0 Å². The van der Waals surface area contributed by atoms with Gasteiger partial charge in [0.2, 0.25) is 0 Å². The Bertz CT molecular complexity index is 770. The number of furan rings is 1. The van der Waals surface area contributed by atoms with Crippen LogP contribution in [0.4, 0.5) is 0 Å². The summed E-state index contributed by atoms with van der Waals surface area (Å²) in [5.41, 5.74) is 1.10. The summed E-state index contributed by atoms with van der Waals surface area (Å²) in [5.74, 6) is 3.25. The van der Waals surface area contributed by atoms with Crippen molar-refractivity contribution in [2.75, 3.05) is 40.4 Å². The van der Waals surface area contributed by atoms with Crippen molar-refractivity contribution in [2.45, 2.75) is 32.4 Å². The molecule has 0 amide bonds. The van der Waals surface area contributed by atoms with Gasteiger partial charge in [-0.15, -0.1) is 0 Å². The van der Waals surface area contributed by atoms with E-state index < -0.39 is 0 Å². The molecule has 158 valence electrons. The second-order valence-electron chi connectivity index (χ2n) is 7.00. The van der Waals surface area contributed by atoms with Crippen LogP contribution < -0.4 is 20.1 Å². The fourth-order valence-corrected chi connectivity index (χ4v) is 3.64. The number of guanidine groups is 1. The first kappa shape index (κ1) is 21.0. The molecule has 1 unspecified atom stereocenters. The molecule has 1 aliphatic rings. The van der Waals surface area contributed by atoms with E-state index in [1.807, 2.05) is 37.3 Å². The van der Waals surface area contributed by atoms with Gasteiger partial charge in [0.15, 0.2) is 17.5 Å². The molecule has 7 heteroatoms. The number of rotatable bonds is 9. The zero-order valence-electron chi connectivity index (χ0n) is 17.6. The van der Waals surface area contributed by atoms with Crippen LogP contribution in [0.1, 0.15) is 37.1 Å². The molecule has 0 saturated carbocycles. The summed E-state index contributed by atoms with van der Waals surface area (Å²) in [5, 5.41) is 6.83. The maximum atomic E-state index is 5.69. The zero-order chi connectivity index (χ0) is 20.5. The summed E-state index contributed by atoms with van der Waals surface area (Å²) in [6.45, 7) is 6.14. The predicted molar refractivity (Wildman–Crippen MR) is 115 cm³/mol. The average Bonchev–Trinajstić information content (AvgIpc) is 3.46. The number of nitrogens with one attached hydrogen (secondary N) is 2. The van der Waals surface area contributed by atoms with Crippen LogP contribution in [0.5, 0.6) is 11.5 Å². The van der Waals surface area contributed by atoms with Crippen LogP contribution >= 0.6 is 0 Å². The first-order chi connectivity index (χ1) is 14.2. The van der Waals surface area contributed by atoms with Gasteiger partial charge in [-0.3, -0.25) is 9.89 Å². The monoisotopic (exact) mass is 400 g/mol. The van der Waals surface area contributed by atoms with E-state index in [1.165, 1.54) is 12.8 Å². The summed E-state index contributed by atoms with van der Waals surface area (Å²) in [6.07, 6.45) is 4.22. The van der Waals surface area contributed by atoms with Crippen LogP contribution in [0.25, 0.3) is 0 Å². The largest absolute Gasteiger partial charge is 0.493 e. The third-order valence-electron chi connectivity index (χ3n) is 5.13. The van der Waals surface area contributed by atoms with E-state index in [2.05, 4.69) is 20.5 Å². The zero-order valence-corrected chi connectivity index (χ0v) is 17.6. The lowest BCUT2D eigenvalue weighted by Crippen LogP contribution is -2.42. The average molecular weight is 401 g/mol. The third-order valence-corrected chi connectivity index (χ3v) is 5.13. The number of hydrogen-bond donors (Lipinski definition) is 2. The fourth-order valence-electron chi connectivity index (χ4n) is 3.64. The summed E-state index contributed by atoms with van der Waals surface area (Å²) in [6, 6.07) is 10.2. The first-order valence-corrected chi connectivity index (χ1v) is 10.3. The Morgan fingerprint density at radius 3 is 2.69 bits per heavy atom. The summed E-state index contributed by atoms with van der Waals surface area (Å²) < 4.78 is 16.7. The molecule has 3 rings (SSSR count). The molecule has 0 spiro atoms. The van der Waals surface area contributed by atoms with Crippen molar-refractivity contribution in [3.05, 3.63) is 47.9 Å². The van der Waals surface area contributed by atoms with Gasteiger partial charge in [0.1, 0.15) is 5.76 Å². The number of aliphatic imine (C=N–C) groups is 1. The molecule has 1 aromatic heterocycles. The molecule has 0 bridgehead atoms. The van der Waals surface area contributed by atoms with Gasteiger partial charge in [0.05, 0.1) is 26.0 Å². The van der Waals surface area contributed by atoms with Crippen molar-refractivity contribution in [1.82, 2.24) is 15.5 Å². The first-order valence-electron chi connectivity index (χ1n) is 10.3. The Balaban J connectivity index is 1.58. The lowest BCUT2D eigenvalue weighted by molar-refractivity contribution is 0.215. The quantitative estimate of drug-likeness (QED) is 0.498. The summed E-state index contributed by atoms with van der Waals surface area (Å²) >= 11 is 0. The van der Waals surface area contributed by atoms with Crippen LogP contribution in [0, 0.1) is 0 Å². The van der Waals surface area contributed by atoms with Gasteiger partial charge in [-0.2, -0.15) is 0 Å². The molecule has 1 fully saturated rings. The summed E-state index contributed by atoms with van der Waals surface area (Å²) in [7, 11) is 3.43. The van der Waals surface area contributed by atoms with E-state index in [9.17, 15) is 0 Å². The molecular formula is C22H32N4O3. The molecule has 0 radical (unpaired) electrons. The minimum atomic E-state index is 0.205.